The van der Waals surface area contributed by atoms with Crippen LogP contribution < -0.4 is 4.90 Å². The van der Waals surface area contributed by atoms with E-state index in [4.69, 9.17) is 0 Å². The first-order chi connectivity index (χ1) is 12.1. The molecule has 1 aromatic carbocycles. The number of fused-ring (bicyclic) bond motifs is 1. The topological polar surface area (TPSA) is 53.5 Å². The van der Waals surface area contributed by atoms with Crippen molar-refractivity contribution in [2.24, 2.45) is 5.92 Å². The molecule has 25 heavy (non-hydrogen) atoms. The lowest BCUT2D eigenvalue weighted by Gasteiger charge is -2.28. The lowest BCUT2D eigenvalue weighted by atomic mass is 9.93. The van der Waals surface area contributed by atoms with Crippen molar-refractivity contribution in [3.63, 3.8) is 0 Å². The summed E-state index contributed by atoms with van der Waals surface area (Å²) < 4.78 is 0. The van der Waals surface area contributed by atoms with E-state index in [1.165, 1.54) is 5.56 Å². The van der Waals surface area contributed by atoms with Crippen molar-refractivity contribution in [1.29, 1.82) is 0 Å². The van der Waals surface area contributed by atoms with Gasteiger partial charge in [0.2, 0.25) is 11.8 Å². The summed E-state index contributed by atoms with van der Waals surface area (Å²) in [5.41, 5.74) is 4.26. The van der Waals surface area contributed by atoms with E-state index in [1.54, 1.807) is 24.3 Å². The fourth-order valence-electron chi connectivity index (χ4n) is 4.02. The standard InChI is InChI=1S/C20H21N3O2/c1-13-5-6-14-7-9-23(17(14)10-13)20(25)16-11-18(24)22(2)19(16)15-4-3-8-21-12-15/h3-6,8,10,12,16,19H,7,9,11H2,1-2H3/t16-,19-/m1/s1. The van der Waals surface area contributed by atoms with Crippen LogP contribution in [0.5, 0.6) is 0 Å². The fourth-order valence-corrected chi connectivity index (χ4v) is 4.02. The molecule has 2 aliphatic heterocycles. The monoisotopic (exact) mass is 335 g/mol. The van der Waals surface area contributed by atoms with E-state index in [2.05, 4.69) is 23.2 Å². The van der Waals surface area contributed by atoms with Crippen molar-refractivity contribution < 1.29 is 9.59 Å². The SMILES string of the molecule is Cc1ccc2c(c1)N(C(=O)[C@@H]1CC(=O)N(C)[C@@H]1c1cccnc1)CC2. The first-order valence-corrected chi connectivity index (χ1v) is 8.63. The smallest absolute Gasteiger partial charge is 0.233 e. The third kappa shape index (κ3) is 2.60. The molecule has 0 saturated carbocycles. The van der Waals surface area contributed by atoms with Crippen LogP contribution in [0, 0.1) is 12.8 Å². The summed E-state index contributed by atoms with van der Waals surface area (Å²) >= 11 is 0. The Bertz CT molecular complexity index is 834. The Morgan fingerprint density at radius 2 is 2.12 bits per heavy atom. The zero-order valence-electron chi connectivity index (χ0n) is 14.5. The van der Waals surface area contributed by atoms with Gasteiger partial charge in [0.05, 0.1) is 12.0 Å². The third-order valence-corrected chi connectivity index (χ3v) is 5.33. The number of pyridine rings is 1. The van der Waals surface area contributed by atoms with Crippen molar-refractivity contribution in [2.75, 3.05) is 18.5 Å². The second-order valence-electron chi connectivity index (χ2n) is 6.92. The van der Waals surface area contributed by atoms with Gasteiger partial charge in [-0.25, -0.2) is 0 Å². The lowest BCUT2D eigenvalue weighted by molar-refractivity contribution is -0.128. The Morgan fingerprint density at radius 1 is 1.28 bits per heavy atom. The minimum Gasteiger partial charge on any atom is -0.338 e. The number of hydrogen-bond acceptors (Lipinski definition) is 3. The summed E-state index contributed by atoms with van der Waals surface area (Å²) in [6.45, 7) is 2.72. The number of benzene rings is 1. The molecule has 0 unspecified atom stereocenters. The number of nitrogens with zero attached hydrogens (tertiary/aromatic N) is 3. The van der Waals surface area contributed by atoms with E-state index in [-0.39, 0.29) is 30.2 Å². The predicted molar refractivity (Wildman–Crippen MR) is 95.1 cm³/mol. The quantitative estimate of drug-likeness (QED) is 0.847. The van der Waals surface area contributed by atoms with Gasteiger partial charge in [-0.2, -0.15) is 0 Å². The minimum absolute atomic E-state index is 0.0101. The molecule has 2 aromatic rings. The molecule has 0 aliphatic carbocycles. The first kappa shape index (κ1) is 15.8. The molecular formula is C20H21N3O2. The van der Waals surface area contributed by atoms with Gasteiger partial charge in [0.25, 0.3) is 0 Å². The molecule has 1 aromatic heterocycles. The molecule has 0 radical (unpaired) electrons. The highest BCUT2D eigenvalue weighted by Crippen LogP contribution is 2.40. The molecule has 0 spiro atoms. The highest BCUT2D eigenvalue weighted by molar-refractivity contribution is 6.01. The van der Waals surface area contributed by atoms with E-state index in [0.717, 1.165) is 23.2 Å². The number of anilines is 1. The number of amides is 2. The van der Waals surface area contributed by atoms with Crippen LogP contribution in [0.1, 0.15) is 29.2 Å². The van der Waals surface area contributed by atoms with E-state index in [9.17, 15) is 9.59 Å². The summed E-state index contributed by atoms with van der Waals surface area (Å²) in [5.74, 6) is -0.320. The van der Waals surface area contributed by atoms with Gasteiger partial charge in [0.15, 0.2) is 0 Å². The fraction of sp³-hybridized carbons (Fsp3) is 0.350. The van der Waals surface area contributed by atoms with Crippen molar-refractivity contribution >= 4 is 17.5 Å². The van der Waals surface area contributed by atoms with Crippen molar-refractivity contribution in [2.45, 2.75) is 25.8 Å². The van der Waals surface area contributed by atoms with Gasteiger partial charge in [0, 0.05) is 38.1 Å². The second kappa shape index (κ2) is 5.99. The minimum atomic E-state index is -0.367. The molecule has 2 atom stereocenters. The van der Waals surface area contributed by atoms with Gasteiger partial charge in [-0.1, -0.05) is 18.2 Å². The number of likely N-dealkylation sites (tertiary alicyclic amines) is 1. The number of carbonyl (C=O) groups excluding carboxylic acids is 2. The zero-order chi connectivity index (χ0) is 17.6. The predicted octanol–water partition coefficient (Wildman–Crippen LogP) is 2.50. The highest BCUT2D eigenvalue weighted by atomic mass is 16.2. The van der Waals surface area contributed by atoms with Gasteiger partial charge < -0.3 is 9.80 Å². The molecule has 5 heteroatoms. The molecule has 0 N–H and O–H groups in total. The number of hydrogen-bond donors (Lipinski definition) is 0. The molecule has 3 heterocycles. The molecule has 128 valence electrons. The molecule has 4 rings (SSSR count). The Kier molecular flexibility index (Phi) is 3.79. The Morgan fingerprint density at radius 3 is 2.88 bits per heavy atom. The van der Waals surface area contributed by atoms with Crippen LogP contribution in [0.25, 0.3) is 0 Å². The van der Waals surface area contributed by atoms with Crippen LogP contribution in [0.3, 0.4) is 0 Å². The van der Waals surface area contributed by atoms with Crippen molar-refractivity contribution in [1.82, 2.24) is 9.88 Å². The molecule has 0 bridgehead atoms. The average molecular weight is 335 g/mol. The normalized spacial score (nSPS) is 22.4. The van der Waals surface area contributed by atoms with Gasteiger partial charge in [0.1, 0.15) is 0 Å². The van der Waals surface area contributed by atoms with Gasteiger partial charge >= 0.3 is 0 Å². The molecular weight excluding hydrogens is 314 g/mol. The van der Waals surface area contributed by atoms with Crippen molar-refractivity contribution in [3.05, 3.63) is 59.4 Å². The maximum atomic E-state index is 13.3. The van der Waals surface area contributed by atoms with Crippen LogP contribution in [-0.4, -0.2) is 35.3 Å². The molecule has 2 aliphatic rings. The summed E-state index contributed by atoms with van der Waals surface area (Å²) in [6.07, 6.45) is 4.58. The summed E-state index contributed by atoms with van der Waals surface area (Å²) in [4.78, 5) is 33.4. The molecule has 1 fully saturated rings. The number of rotatable bonds is 2. The maximum Gasteiger partial charge on any atom is 0.233 e. The number of aryl methyl sites for hydroxylation is 1. The first-order valence-electron chi connectivity index (χ1n) is 8.63. The van der Waals surface area contributed by atoms with Gasteiger partial charge in [-0.05, 0) is 42.2 Å². The third-order valence-electron chi connectivity index (χ3n) is 5.33. The van der Waals surface area contributed by atoms with Crippen LogP contribution in [-0.2, 0) is 16.0 Å². The Labute approximate surface area is 147 Å². The van der Waals surface area contributed by atoms with E-state index >= 15 is 0 Å². The summed E-state index contributed by atoms with van der Waals surface area (Å²) in [5, 5.41) is 0. The largest absolute Gasteiger partial charge is 0.338 e. The summed E-state index contributed by atoms with van der Waals surface area (Å²) in [6, 6.07) is 9.79. The Balaban J connectivity index is 1.68. The van der Waals surface area contributed by atoms with Crippen LogP contribution in [0.2, 0.25) is 0 Å². The van der Waals surface area contributed by atoms with Crippen molar-refractivity contribution in [3.8, 4) is 0 Å². The van der Waals surface area contributed by atoms with Crippen LogP contribution in [0.15, 0.2) is 42.7 Å². The van der Waals surface area contributed by atoms with Crippen LogP contribution >= 0.6 is 0 Å². The Hall–Kier alpha value is -2.69. The molecule has 2 amide bonds. The van der Waals surface area contributed by atoms with E-state index in [1.807, 2.05) is 24.0 Å². The molecule has 5 nitrogen and oxygen atoms in total. The lowest BCUT2D eigenvalue weighted by Crippen LogP contribution is -2.37. The summed E-state index contributed by atoms with van der Waals surface area (Å²) in [7, 11) is 1.77. The van der Waals surface area contributed by atoms with E-state index in [0.29, 0.717) is 6.54 Å². The molecule has 1 saturated heterocycles. The highest BCUT2D eigenvalue weighted by Gasteiger charge is 2.45. The second-order valence-corrected chi connectivity index (χ2v) is 6.92. The number of carbonyl (C=O) groups is 2. The van der Waals surface area contributed by atoms with Gasteiger partial charge in [-0.3, -0.25) is 14.6 Å². The van der Waals surface area contributed by atoms with E-state index < -0.39 is 0 Å². The average Bonchev–Trinajstić information content (AvgIpc) is 3.16. The zero-order valence-corrected chi connectivity index (χ0v) is 14.5. The maximum absolute atomic E-state index is 13.3. The number of aromatic nitrogens is 1. The van der Waals surface area contributed by atoms with Gasteiger partial charge in [-0.15, -0.1) is 0 Å². The van der Waals surface area contributed by atoms with Crippen LogP contribution in [0.4, 0.5) is 5.69 Å².